The molecule has 1 aromatic heterocycles. The Morgan fingerprint density at radius 3 is 2.58 bits per heavy atom. The standard InChI is InChI=1S/C24H25F3N2O3S/c1-14(2)33-12-23(30,24(25,26)27)22(17-6-4-9-20-21(17)32-13-31-20)29-19-8-5-7-18-16(19)11-10-15(3)28-18/h4-11,14,22,29-30H,12-13H2,1-3H3. The van der Waals surface area contributed by atoms with Crippen LogP contribution >= 0.6 is 11.8 Å². The van der Waals surface area contributed by atoms with Gasteiger partial charge in [-0.25, -0.2) is 0 Å². The maximum absolute atomic E-state index is 14.5. The van der Waals surface area contributed by atoms with Gasteiger partial charge in [-0.15, -0.1) is 0 Å². The van der Waals surface area contributed by atoms with Crippen LogP contribution < -0.4 is 14.8 Å². The van der Waals surface area contributed by atoms with Gasteiger partial charge in [0, 0.05) is 28.1 Å². The number of aliphatic hydroxyl groups is 1. The van der Waals surface area contributed by atoms with Crippen LogP contribution in [0.4, 0.5) is 18.9 Å². The van der Waals surface area contributed by atoms with Crippen molar-refractivity contribution in [3.8, 4) is 11.5 Å². The molecule has 4 rings (SSSR count). The first-order chi connectivity index (χ1) is 15.6. The molecule has 2 unspecified atom stereocenters. The maximum Gasteiger partial charge on any atom is 0.420 e. The van der Waals surface area contributed by atoms with Gasteiger partial charge in [0.25, 0.3) is 0 Å². The summed E-state index contributed by atoms with van der Waals surface area (Å²) in [6.07, 6.45) is -4.92. The Morgan fingerprint density at radius 1 is 1.09 bits per heavy atom. The number of para-hydroxylation sites is 1. The Hall–Kier alpha value is -2.65. The fraction of sp³-hybridized carbons (Fsp3) is 0.375. The second-order valence-corrected chi connectivity index (χ2v) is 9.83. The van der Waals surface area contributed by atoms with Crippen LogP contribution in [0.5, 0.6) is 11.5 Å². The van der Waals surface area contributed by atoms with Gasteiger partial charge in [-0.3, -0.25) is 4.98 Å². The number of ether oxygens (including phenoxy) is 2. The van der Waals surface area contributed by atoms with Crippen molar-refractivity contribution in [3.63, 3.8) is 0 Å². The van der Waals surface area contributed by atoms with Gasteiger partial charge in [-0.05, 0) is 42.5 Å². The average Bonchev–Trinajstić information content (AvgIpc) is 3.24. The summed E-state index contributed by atoms with van der Waals surface area (Å²) in [5.41, 5.74) is -1.06. The van der Waals surface area contributed by atoms with E-state index in [1.54, 1.807) is 50.2 Å². The van der Waals surface area contributed by atoms with Crippen molar-refractivity contribution in [2.45, 2.75) is 43.8 Å². The van der Waals surface area contributed by atoms with Crippen molar-refractivity contribution in [3.05, 3.63) is 59.8 Å². The number of aromatic nitrogens is 1. The molecule has 0 spiro atoms. The number of hydrogen-bond donors (Lipinski definition) is 2. The second kappa shape index (κ2) is 8.95. The summed E-state index contributed by atoms with van der Waals surface area (Å²) in [6, 6.07) is 12.0. The summed E-state index contributed by atoms with van der Waals surface area (Å²) >= 11 is 1.04. The van der Waals surface area contributed by atoms with Gasteiger partial charge >= 0.3 is 6.18 Å². The molecule has 5 nitrogen and oxygen atoms in total. The van der Waals surface area contributed by atoms with Crippen molar-refractivity contribution >= 4 is 28.4 Å². The molecule has 3 aromatic rings. The van der Waals surface area contributed by atoms with Gasteiger partial charge in [0.05, 0.1) is 11.6 Å². The van der Waals surface area contributed by atoms with Gasteiger partial charge in [0.15, 0.2) is 17.1 Å². The summed E-state index contributed by atoms with van der Waals surface area (Å²) < 4.78 is 54.5. The molecule has 1 aliphatic rings. The predicted molar refractivity (Wildman–Crippen MR) is 124 cm³/mol. The molecule has 0 saturated carbocycles. The number of thioether (sulfide) groups is 1. The molecule has 2 N–H and O–H groups in total. The van der Waals surface area contributed by atoms with Crippen molar-refractivity contribution in [1.29, 1.82) is 0 Å². The summed E-state index contributed by atoms with van der Waals surface area (Å²) in [5.74, 6) is -0.0182. The van der Waals surface area contributed by atoms with Crippen LogP contribution in [0.2, 0.25) is 0 Å². The predicted octanol–water partition coefficient (Wildman–Crippen LogP) is 5.86. The number of fused-ring (bicyclic) bond motifs is 2. The number of pyridine rings is 1. The lowest BCUT2D eigenvalue weighted by Gasteiger charge is -2.39. The number of benzene rings is 2. The van der Waals surface area contributed by atoms with Gasteiger partial charge in [0.1, 0.15) is 0 Å². The number of anilines is 1. The lowest BCUT2D eigenvalue weighted by Crippen LogP contribution is -2.55. The SMILES string of the molecule is Cc1ccc2c(NC(c3cccc4c3OCO4)C(O)(CSC(C)C)C(F)(F)F)cccc2n1. The molecule has 1 aliphatic heterocycles. The highest BCUT2D eigenvalue weighted by atomic mass is 32.2. The first kappa shape index (κ1) is 23.5. The van der Waals surface area contributed by atoms with Crippen LogP contribution in [0.15, 0.2) is 48.5 Å². The Morgan fingerprint density at radius 2 is 1.85 bits per heavy atom. The summed E-state index contributed by atoms with van der Waals surface area (Å²) in [4.78, 5) is 4.47. The topological polar surface area (TPSA) is 63.6 Å². The molecule has 0 aliphatic carbocycles. The molecule has 0 radical (unpaired) electrons. The minimum Gasteiger partial charge on any atom is -0.454 e. The lowest BCUT2D eigenvalue weighted by molar-refractivity contribution is -0.256. The Labute approximate surface area is 194 Å². The largest absolute Gasteiger partial charge is 0.454 e. The number of hydrogen-bond acceptors (Lipinski definition) is 6. The van der Waals surface area contributed by atoms with E-state index in [4.69, 9.17) is 9.47 Å². The zero-order valence-electron chi connectivity index (χ0n) is 18.4. The molecule has 0 saturated heterocycles. The zero-order chi connectivity index (χ0) is 23.8. The highest BCUT2D eigenvalue weighted by Crippen LogP contribution is 2.49. The summed E-state index contributed by atoms with van der Waals surface area (Å²) in [5, 5.41) is 14.8. The normalized spacial score (nSPS) is 16.1. The van der Waals surface area contributed by atoms with Crippen LogP contribution in [-0.4, -0.2) is 39.7 Å². The van der Waals surface area contributed by atoms with E-state index >= 15 is 0 Å². The third kappa shape index (κ3) is 4.56. The van der Waals surface area contributed by atoms with Crippen molar-refractivity contribution in [2.24, 2.45) is 0 Å². The zero-order valence-corrected chi connectivity index (χ0v) is 19.3. The molecule has 33 heavy (non-hydrogen) atoms. The van der Waals surface area contributed by atoms with E-state index in [1.807, 2.05) is 13.0 Å². The van der Waals surface area contributed by atoms with E-state index in [-0.39, 0.29) is 23.4 Å². The smallest absolute Gasteiger partial charge is 0.420 e. The lowest BCUT2D eigenvalue weighted by atomic mass is 9.88. The molecule has 2 atom stereocenters. The first-order valence-electron chi connectivity index (χ1n) is 10.5. The number of aryl methyl sites for hydroxylation is 1. The van der Waals surface area contributed by atoms with Gasteiger partial charge in [-0.1, -0.05) is 32.0 Å². The number of nitrogens with zero attached hydrogens (tertiary/aromatic N) is 1. The molecule has 9 heteroatoms. The van der Waals surface area contributed by atoms with E-state index in [1.165, 1.54) is 6.07 Å². The molecular weight excluding hydrogens is 453 g/mol. The Kier molecular flexibility index (Phi) is 6.37. The van der Waals surface area contributed by atoms with Crippen LogP contribution in [0.3, 0.4) is 0 Å². The first-order valence-corrected chi connectivity index (χ1v) is 11.6. The van der Waals surface area contributed by atoms with Gasteiger partial charge in [0.2, 0.25) is 6.79 Å². The van der Waals surface area contributed by atoms with Crippen LogP contribution in [0.1, 0.15) is 31.1 Å². The summed E-state index contributed by atoms with van der Waals surface area (Å²) in [6.45, 7) is 5.33. The monoisotopic (exact) mass is 478 g/mol. The average molecular weight is 479 g/mol. The molecule has 2 aromatic carbocycles. The van der Waals surface area contributed by atoms with E-state index in [2.05, 4.69) is 10.3 Å². The molecule has 0 fully saturated rings. The highest BCUT2D eigenvalue weighted by molar-refractivity contribution is 7.99. The van der Waals surface area contributed by atoms with Gasteiger partial charge in [-0.2, -0.15) is 24.9 Å². The van der Waals surface area contributed by atoms with Crippen LogP contribution in [0, 0.1) is 6.92 Å². The van der Waals surface area contributed by atoms with E-state index in [0.29, 0.717) is 22.3 Å². The van der Waals surface area contributed by atoms with Crippen molar-refractivity contribution in [1.82, 2.24) is 4.98 Å². The number of halogens is 3. The number of nitrogens with one attached hydrogen (secondary N) is 1. The third-order valence-corrected chi connectivity index (χ3v) is 6.79. The highest BCUT2D eigenvalue weighted by Gasteiger charge is 2.60. The second-order valence-electron chi connectivity index (χ2n) is 8.27. The van der Waals surface area contributed by atoms with E-state index in [0.717, 1.165) is 17.5 Å². The summed E-state index contributed by atoms with van der Waals surface area (Å²) in [7, 11) is 0. The minimum absolute atomic E-state index is 0.0955. The van der Waals surface area contributed by atoms with E-state index in [9.17, 15) is 18.3 Å². The maximum atomic E-state index is 14.5. The van der Waals surface area contributed by atoms with Crippen LogP contribution in [-0.2, 0) is 0 Å². The number of alkyl halides is 3. The fourth-order valence-electron chi connectivity index (χ4n) is 3.80. The molecule has 0 bridgehead atoms. The molecule has 176 valence electrons. The van der Waals surface area contributed by atoms with E-state index < -0.39 is 23.6 Å². The molecular formula is C24H25F3N2O3S. The molecule has 0 amide bonds. The van der Waals surface area contributed by atoms with Gasteiger partial charge < -0.3 is 19.9 Å². The minimum atomic E-state index is -4.92. The number of rotatable bonds is 7. The van der Waals surface area contributed by atoms with Crippen LogP contribution in [0.25, 0.3) is 10.9 Å². The third-order valence-electron chi connectivity index (χ3n) is 5.51. The quantitative estimate of drug-likeness (QED) is 0.444. The molecule has 2 heterocycles. The Balaban J connectivity index is 1.88. The Bertz CT molecular complexity index is 1160. The van der Waals surface area contributed by atoms with Crippen molar-refractivity contribution < 1.29 is 27.8 Å². The van der Waals surface area contributed by atoms with Crippen molar-refractivity contribution in [2.75, 3.05) is 17.9 Å². The fourth-order valence-corrected chi connectivity index (χ4v) is 4.71.